The van der Waals surface area contributed by atoms with Gasteiger partial charge in [0.05, 0.1) is 32.0 Å². The van der Waals surface area contributed by atoms with Crippen LogP contribution in [0.5, 0.6) is 0 Å². The Kier molecular flexibility index (Phi) is 5.64. The highest BCUT2D eigenvalue weighted by Crippen LogP contribution is 2.34. The van der Waals surface area contributed by atoms with Crippen molar-refractivity contribution in [2.45, 2.75) is 32.2 Å². The molecule has 1 aromatic rings. The zero-order valence-electron chi connectivity index (χ0n) is 15.1. The Balaban J connectivity index is 2.53. The molecule has 0 radical (unpaired) electrons. The van der Waals surface area contributed by atoms with E-state index in [1.165, 1.54) is 33.3 Å². The van der Waals surface area contributed by atoms with Crippen molar-refractivity contribution in [1.29, 1.82) is 0 Å². The lowest BCUT2D eigenvalue weighted by atomic mass is 9.95. The van der Waals surface area contributed by atoms with Gasteiger partial charge in [0.1, 0.15) is 5.54 Å². The van der Waals surface area contributed by atoms with Gasteiger partial charge in [-0.1, -0.05) is 0 Å². The second kappa shape index (κ2) is 7.55. The third-order valence-electron chi connectivity index (χ3n) is 4.22. The minimum Gasteiger partial charge on any atom is -0.465 e. The maximum Gasteiger partial charge on any atom is 0.338 e. The van der Waals surface area contributed by atoms with Crippen molar-refractivity contribution in [3.63, 3.8) is 0 Å². The van der Waals surface area contributed by atoms with Gasteiger partial charge in [-0.05, 0) is 30.2 Å². The molecule has 0 unspecified atom stereocenters. The SMILES string of the molecule is CCOC(=O)C1(NC(C)=O)Cc2cc(C(=O)OC)c(C(=O)OC)cc2C1. The fraction of sp³-hybridized carbons (Fsp3) is 0.444. The van der Waals surface area contributed by atoms with E-state index >= 15 is 0 Å². The minimum absolute atomic E-state index is 0.0422. The number of carbonyl (C=O) groups excluding carboxylic acids is 4. The van der Waals surface area contributed by atoms with Gasteiger partial charge in [-0.25, -0.2) is 14.4 Å². The summed E-state index contributed by atoms with van der Waals surface area (Å²) in [4.78, 5) is 48.2. The normalized spacial score (nSPS) is 14.2. The van der Waals surface area contributed by atoms with Gasteiger partial charge in [0.25, 0.3) is 0 Å². The van der Waals surface area contributed by atoms with Crippen LogP contribution in [0.25, 0.3) is 0 Å². The maximum absolute atomic E-state index is 12.5. The van der Waals surface area contributed by atoms with Crippen LogP contribution in [0.2, 0.25) is 0 Å². The molecule has 0 aromatic heterocycles. The lowest BCUT2D eigenvalue weighted by Crippen LogP contribution is -2.55. The molecule has 1 aliphatic rings. The van der Waals surface area contributed by atoms with Crippen LogP contribution in [0.15, 0.2) is 12.1 Å². The van der Waals surface area contributed by atoms with Crippen molar-refractivity contribution >= 4 is 23.8 Å². The third kappa shape index (κ3) is 3.54. The Labute approximate surface area is 150 Å². The fourth-order valence-corrected chi connectivity index (χ4v) is 3.18. The largest absolute Gasteiger partial charge is 0.465 e. The zero-order chi connectivity index (χ0) is 19.5. The summed E-state index contributed by atoms with van der Waals surface area (Å²) in [7, 11) is 2.41. The number of hydrogen-bond acceptors (Lipinski definition) is 7. The van der Waals surface area contributed by atoms with E-state index in [1.807, 2.05) is 0 Å². The van der Waals surface area contributed by atoms with Crippen molar-refractivity contribution < 1.29 is 33.4 Å². The molecule has 2 rings (SSSR count). The Morgan fingerprint density at radius 3 is 1.81 bits per heavy atom. The van der Waals surface area contributed by atoms with Crippen LogP contribution >= 0.6 is 0 Å². The monoisotopic (exact) mass is 363 g/mol. The summed E-state index contributed by atoms with van der Waals surface area (Å²) >= 11 is 0. The lowest BCUT2D eigenvalue weighted by Gasteiger charge is -2.27. The van der Waals surface area contributed by atoms with Crippen molar-refractivity contribution in [3.05, 3.63) is 34.4 Å². The van der Waals surface area contributed by atoms with Crippen molar-refractivity contribution in [2.75, 3.05) is 20.8 Å². The van der Waals surface area contributed by atoms with E-state index in [2.05, 4.69) is 5.32 Å². The highest BCUT2D eigenvalue weighted by molar-refractivity contribution is 6.03. The molecule has 0 heterocycles. The molecule has 140 valence electrons. The van der Waals surface area contributed by atoms with Crippen molar-refractivity contribution in [2.24, 2.45) is 0 Å². The first-order valence-electron chi connectivity index (χ1n) is 8.06. The maximum atomic E-state index is 12.5. The summed E-state index contributed by atoms with van der Waals surface area (Å²) in [6.45, 7) is 3.15. The predicted molar refractivity (Wildman–Crippen MR) is 89.7 cm³/mol. The highest BCUT2D eigenvalue weighted by Gasteiger charge is 2.46. The topological polar surface area (TPSA) is 108 Å². The Bertz CT molecular complexity index is 724. The van der Waals surface area contributed by atoms with Crippen LogP contribution in [0.1, 0.15) is 45.7 Å². The number of ether oxygens (including phenoxy) is 3. The molecule has 8 heteroatoms. The number of nitrogens with one attached hydrogen (secondary N) is 1. The van der Waals surface area contributed by atoms with Crippen molar-refractivity contribution in [3.8, 4) is 0 Å². The molecule has 0 spiro atoms. The average molecular weight is 363 g/mol. The summed E-state index contributed by atoms with van der Waals surface area (Å²) in [6.07, 6.45) is 0.290. The second-order valence-electron chi connectivity index (χ2n) is 5.99. The smallest absolute Gasteiger partial charge is 0.338 e. The number of carbonyl (C=O) groups is 4. The molecule has 0 saturated heterocycles. The molecule has 0 fully saturated rings. The summed E-state index contributed by atoms with van der Waals surface area (Å²) in [5.74, 6) is -2.33. The van der Waals surface area contributed by atoms with E-state index < -0.39 is 23.4 Å². The van der Waals surface area contributed by atoms with Crippen molar-refractivity contribution in [1.82, 2.24) is 5.32 Å². The highest BCUT2D eigenvalue weighted by atomic mass is 16.5. The first kappa shape index (κ1) is 19.4. The standard InChI is InChI=1S/C18H21NO7/c1-5-26-17(23)18(19-10(2)20)8-11-6-13(15(21)24-3)14(16(22)25-4)7-12(11)9-18/h6-7H,5,8-9H2,1-4H3,(H,19,20). The quantitative estimate of drug-likeness (QED) is 0.609. The Hall–Kier alpha value is -2.90. The molecule has 1 aliphatic carbocycles. The minimum atomic E-state index is -1.27. The number of esters is 3. The number of hydrogen-bond donors (Lipinski definition) is 1. The number of fused-ring (bicyclic) bond motifs is 1. The van der Waals surface area contributed by atoms with Gasteiger partial charge in [-0.2, -0.15) is 0 Å². The van der Waals surface area contributed by atoms with Gasteiger partial charge in [-0.3, -0.25) is 4.79 Å². The first-order valence-corrected chi connectivity index (χ1v) is 8.06. The first-order chi connectivity index (χ1) is 12.3. The fourth-order valence-electron chi connectivity index (χ4n) is 3.18. The molecule has 8 nitrogen and oxygen atoms in total. The van der Waals surface area contributed by atoms with Crippen LogP contribution < -0.4 is 5.32 Å². The number of amides is 1. The zero-order valence-corrected chi connectivity index (χ0v) is 15.1. The summed E-state index contributed by atoms with van der Waals surface area (Å²) in [5.41, 5.74) is 0.118. The van der Waals surface area contributed by atoms with Gasteiger partial charge < -0.3 is 19.5 Å². The summed E-state index contributed by atoms with van der Waals surface area (Å²) in [6, 6.07) is 2.99. The van der Waals surface area contributed by atoms with Gasteiger partial charge in [-0.15, -0.1) is 0 Å². The van der Waals surface area contributed by atoms with E-state index in [-0.39, 0.29) is 36.5 Å². The molecule has 1 amide bonds. The van der Waals surface area contributed by atoms with Gasteiger partial charge in [0, 0.05) is 19.8 Å². The number of benzene rings is 1. The predicted octanol–water partition coefficient (Wildman–Crippen LogP) is 0.796. The van der Waals surface area contributed by atoms with E-state index in [9.17, 15) is 19.2 Å². The molecule has 0 aliphatic heterocycles. The van der Waals surface area contributed by atoms with Gasteiger partial charge in [0.15, 0.2) is 0 Å². The lowest BCUT2D eigenvalue weighted by molar-refractivity contribution is -0.152. The van der Waals surface area contributed by atoms with E-state index in [4.69, 9.17) is 14.2 Å². The Morgan fingerprint density at radius 1 is 1.00 bits per heavy atom. The molecule has 26 heavy (non-hydrogen) atoms. The van der Waals surface area contributed by atoms with Crippen LogP contribution in [0.3, 0.4) is 0 Å². The summed E-state index contributed by atoms with van der Waals surface area (Å²) < 4.78 is 14.6. The number of methoxy groups -OCH3 is 2. The molecule has 1 N–H and O–H groups in total. The van der Waals surface area contributed by atoms with Crippen LogP contribution in [-0.4, -0.2) is 50.2 Å². The van der Waals surface area contributed by atoms with Gasteiger partial charge in [0.2, 0.25) is 5.91 Å². The summed E-state index contributed by atoms with van der Waals surface area (Å²) in [5, 5.41) is 2.67. The van der Waals surface area contributed by atoms with Crippen LogP contribution in [0.4, 0.5) is 0 Å². The van der Waals surface area contributed by atoms with Gasteiger partial charge >= 0.3 is 17.9 Å². The second-order valence-corrected chi connectivity index (χ2v) is 5.99. The Morgan fingerprint density at radius 2 is 1.46 bits per heavy atom. The molecule has 1 aromatic carbocycles. The average Bonchev–Trinajstić information content (AvgIpc) is 2.96. The third-order valence-corrected chi connectivity index (χ3v) is 4.22. The van der Waals surface area contributed by atoms with E-state index in [0.717, 1.165) is 0 Å². The molecule has 0 saturated carbocycles. The van der Waals surface area contributed by atoms with Crippen LogP contribution in [-0.2, 0) is 36.6 Å². The molecular formula is C18H21NO7. The van der Waals surface area contributed by atoms with Crippen LogP contribution in [0, 0.1) is 0 Å². The molecular weight excluding hydrogens is 342 g/mol. The molecule has 0 atom stereocenters. The molecule has 0 bridgehead atoms. The van der Waals surface area contributed by atoms with E-state index in [0.29, 0.717) is 11.1 Å². The number of rotatable bonds is 5. The van der Waals surface area contributed by atoms with E-state index in [1.54, 1.807) is 6.92 Å².